The molecule has 0 unspecified atom stereocenters. The lowest BCUT2D eigenvalue weighted by atomic mass is 9.37. The third-order valence-electron chi connectivity index (χ3n) is 10.3. The van der Waals surface area contributed by atoms with Crippen molar-refractivity contribution < 1.29 is 0 Å². The van der Waals surface area contributed by atoms with Crippen molar-refractivity contribution in [1.82, 2.24) is 0 Å². The molecule has 1 nitrogen and oxygen atoms in total. The Morgan fingerprint density at radius 3 is 1.31 bits per heavy atom. The predicted octanol–water partition coefficient (Wildman–Crippen LogP) is 11.9. The van der Waals surface area contributed by atoms with Gasteiger partial charge in [-0.05, 0) is 118 Å². The first-order chi connectivity index (χ1) is 25.1. The van der Waals surface area contributed by atoms with Gasteiger partial charge in [-0.15, -0.1) is 11.3 Å². The first-order valence-corrected chi connectivity index (χ1v) is 19.0. The molecule has 0 bridgehead atoms. The van der Waals surface area contributed by atoms with Gasteiger partial charge in [0.2, 0.25) is 0 Å². The number of benzene rings is 6. The van der Waals surface area contributed by atoms with Crippen LogP contribution in [0.25, 0.3) is 27.6 Å². The van der Waals surface area contributed by atoms with Crippen molar-refractivity contribution >= 4 is 56.9 Å². The van der Waals surface area contributed by atoms with Crippen molar-refractivity contribution in [2.75, 3.05) is 4.90 Å². The summed E-state index contributed by atoms with van der Waals surface area (Å²) in [6, 6.07) is 49.3. The molecule has 0 aliphatic rings. The Hall–Kier alpha value is -5.38. The van der Waals surface area contributed by atoms with Gasteiger partial charge in [-0.3, -0.25) is 0 Å². The maximum atomic E-state index is 3.89. The Kier molecular flexibility index (Phi) is 9.91. The van der Waals surface area contributed by atoms with Crippen LogP contribution in [0.1, 0.15) is 44.5 Å². The maximum Gasteiger partial charge on any atom is 0.255 e. The fourth-order valence-electron chi connectivity index (χ4n) is 7.92. The monoisotopic (exact) mass is 691 g/mol. The van der Waals surface area contributed by atoms with Crippen LogP contribution in [0.4, 0.5) is 17.1 Å². The predicted molar refractivity (Wildman–Crippen MR) is 231 cm³/mol. The molecule has 0 aliphatic heterocycles. The van der Waals surface area contributed by atoms with Crippen molar-refractivity contribution in [2.24, 2.45) is 0 Å². The molecule has 0 spiro atoms. The molecule has 0 saturated carbocycles. The highest BCUT2D eigenvalue weighted by Gasteiger charge is 2.30. The van der Waals surface area contributed by atoms with E-state index < -0.39 is 0 Å². The molecule has 1 heterocycles. The molecule has 0 N–H and O–H groups in total. The van der Waals surface area contributed by atoms with E-state index >= 15 is 0 Å². The van der Waals surface area contributed by atoms with Gasteiger partial charge in [0.15, 0.2) is 0 Å². The van der Waals surface area contributed by atoms with Gasteiger partial charge in [-0.2, -0.15) is 0 Å². The highest BCUT2D eigenvalue weighted by atomic mass is 32.1. The van der Waals surface area contributed by atoms with Crippen molar-refractivity contribution in [2.45, 2.75) is 48.5 Å². The lowest BCUT2D eigenvalue weighted by Crippen LogP contribution is -2.54. The average Bonchev–Trinajstić information content (AvgIpc) is 3.62. The third kappa shape index (κ3) is 7.07. The lowest BCUT2D eigenvalue weighted by molar-refractivity contribution is 1.28. The largest absolute Gasteiger partial charge is 0.311 e. The fraction of sp³-hybridized carbons (Fsp3) is 0.143. The van der Waals surface area contributed by atoms with Crippen molar-refractivity contribution in [3.8, 4) is 21.6 Å². The molecular weight excluding hydrogens is 645 g/mol. The van der Waals surface area contributed by atoms with E-state index in [0.29, 0.717) is 0 Å². The quantitative estimate of drug-likeness (QED) is 0.136. The Labute approximate surface area is 315 Å². The van der Waals surface area contributed by atoms with E-state index in [-0.39, 0.29) is 6.71 Å². The number of rotatable bonds is 9. The van der Waals surface area contributed by atoms with Crippen molar-refractivity contribution in [1.29, 1.82) is 0 Å². The Balaban J connectivity index is 1.25. The van der Waals surface area contributed by atoms with E-state index in [1.54, 1.807) is 0 Å². The lowest BCUT2D eigenvalue weighted by Gasteiger charge is -2.26. The molecule has 6 aromatic carbocycles. The molecule has 7 aromatic rings. The molecule has 3 heteroatoms. The zero-order valence-corrected chi connectivity index (χ0v) is 32.2. The molecule has 0 radical (unpaired) electrons. The number of nitrogens with zero attached hydrogens (tertiary/aromatic N) is 1. The molecule has 256 valence electrons. The Morgan fingerprint density at radius 2 is 0.865 bits per heavy atom. The number of hydrogen-bond acceptors (Lipinski definition) is 2. The van der Waals surface area contributed by atoms with Crippen LogP contribution in [-0.2, 0) is 0 Å². The van der Waals surface area contributed by atoms with Crippen LogP contribution in [0.15, 0.2) is 140 Å². The molecule has 7 rings (SSSR count). The van der Waals surface area contributed by atoms with Gasteiger partial charge >= 0.3 is 0 Å². The van der Waals surface area contributed by atoms with Crippen molar-refractivity contribution in [3.63, 3.8) is 0 Å². The standard InChI is InChI=1S/C49H46BNS/c1-9-39-12-14-40(15-13-39)41-16-22-44(23-17-41)51(43-20-10-32(2)11-21-43)45-24-18-42(19-25-45)46-26-27-47(52-46)50(48-35(5)28-33(3)29-36(48)6)49-37(7)30-34(4)31-38(49)8/h9-31H,1H2,2-8H3. The summed E-state index contributed by atoms with van der Waals surface area (Å²) in [6.45, 7) is 19.7. The number of hydrogen-bond donors (Lipinski definition) is 0. The van der Waals surface area contributed by atoms with Crippen LogP contribution < -0.4 is 20.6 Å². The first-order valence-electron chi connectivity index (χ1n) is 18.1. The summed E-state index contributed by atoms with van der Waals surface area (Å²) in [6.07, 6.45) is 1.88. The van der Waals surface area contributed by atoms with Crippen LogP contribution in [-0.4, -0.2) is 6.71 Å². The molecule has 0 saturated heterocycles. The van der Waals surface area contributed by atoms with Gasteiger partial charge in [0.1, 0.15) is 0 Å². The molecule has 1 aromatic heterocycles. The minimum atomic E-state index is 0.180. The number of aryl methyl sites for hydroxylation is 7. The molecule has 52 heavy (non-hydrogen) atoms. The Bertz CT molecular complexity index is 2260. The molecule has 0 atom stereocenters. The Morgan fingerprint density at radius 1 is 0.462 bits per heavy atom. The minimum absolute atomic E-state index is 0.180. The van der Waals surface area contributed by atoms with Crippen LogP contribution in [0.2, 0.25) is 0 Å². The normalized spacial score (nSPS) is 11.1. The topological polar surface area (TPSA) is 3.24 Å². The zero-order valence-electron chi connectivity index (χ0n) is 31.4. The zero-order chi connectivity index (χ0) is 36.5. The van der Waals surface area contributed by atoms with Crippen LogP contribution in [0.3, 0.4) is 0 Å². The first kappa shape index (κ1) is 35.0. The van der Waals surface area contributed by atoms with Gasteiger partial charge < -0.3 is 4.90 Å². The van der Waals surface area contributed by atoms with E-state index in [1.807, 2.05) is 17.4 Å². The molecular formula is C49H46BNS. The second kappa shape index (κ2) is 14.7. The second-order valence-corrected chi connectivity index (χ2v) is 15.5. The van der Waals surface area contributed by atoms with Crippen LogP contribution >= 0.6 is 11.3 Å². The number of thiophene rings is 1. The summed E-state index contributed by atoms with van der Waals surface area (Å²) in [7, 11) is 0. The van der Waals surface area contributed by atoms with E-state index in [4.69, 9.17) is 0 Å². The average molecular weight is 692 g/mol. The summed E-state index contributed by atoms with van der Waals surface area (Å²) in [4.78, 5) is 3.63. The van der Waals surface area contributed by atoms with Gasteiger partial charge in [0.25, 0.3) is 6.71 Å². The summed E-state index contributed by atoms with van der Waals surface area (Å²) in [5, 5.41) is 0. The summed E-state index contributed by atoms with van der Waals surface area (Å²) >= 11 is 1.92. The smallest absolute Gasteiger partial charge is 0.255 e. The van der Waals surface area contributed by atoms with Gasteiger partial charge in [-0.1, -0.05) is 154 Å². The van der Waals surface area contributed by atoms with E-state index in [0.717, 1.165) is 22.6 Å². The molecule has 0 aliphatic carbocycles. The summed E-state index contributed by atoms with van der Waals surface area (Å²) < 4.78 is 1.38. The third-order valence-corrected chi connectivity index (χ3v) is 11.5. The second-order valence-electron chi connectivity index (χ2n) is 14.4. The van der Waals surface area contributed by atoms with Crippen LogP contribution in [0.5, 0.6) is 0 Å². The highest BCUT2D eigenvalue weighted by Crippen LogP contribution is 2.37. The van der Waals surface area contributed by atoms with E-state index in [1.165, 1.54) is 76.2 Å². The van der Waals surface area contributed by atoms with Gasteiger partial charge in [0.05, 0.1) is 0 Å². The highest BCUT2D eigenvalue weighted by molar-refractivity contribution is 7.29. The molecule has 0 fully saturated rings. The van der Waals surface area contributed by atoms with E-state index in [9.17, 15) is 0 Å². The maximum absolute atomic E-state index is 3.89. The van der Waals surface area contributed by atoms with Gasteiger partial charge in [0, 0.05) is 21.9 Å². The fourth-order valence-corrected chi connectivity index (χ4v) is 9.05. The number of anilines is 3. The van der Waals surface area contributed by atoms with E-state index in [2.05, 4.69) is 193 Å². The minimum Gasteiger partial charge on any atom is -0.311 e. The van der Waals surface area contributed by atoms with Crippen molar-refractivity contribution in [3.05, 3.63) is 185 Å². The van der Waals surface area contributed by atoms with Gasteiger partial charge in [-0.25, -0.2) is 0 Å². The molecule has 0 amide bonds. The van der Waals surface area contributed by atoms with Crippen LogP contribution in [0, 0.1) is 48.5 Å². The summed E-state index contributed by atoms with van der Waals surface area (Å²) in [5.74, 6) is 0. The summed E-state index contributed by atoms with van der Waals surface area (Å²) in [5.41, 5.74) is 20.3. The SMILES string of the molecule is C=Cc1ccc(-c2ccc(N(c3ccc(C)cc3)c3ccc(-c4ccc(B(c5c(C)cc(C)cc5C)c5c(C)cc(C)cc5C)s4)cc3)cc2)cc1.